The van der Waals surface area contributed by atoms with E-state index in [2.05, 4.69) is 29.4 Å². The zero-order valence-corrected chi connectivity index (χ0v) is 17.4. The molecule has 1 saturated heterocycles. The van der Waals surface area contributed by atoms with Gasteiger partial charge in [-0.05, 0) is 31.4 Å². The molecule has 2 amide bonds. The Labute approximate surface area is 167 Å². The van der Waals surface area contributed by atoms with Crippen LogP contribution in [0.3, 0.4) is 0 Å². The molecule has 0 saturated carbocycles. The van der Waals surface area contributed by atoms with Crippen LogP contribution in [0, 0.1) is 18.8 Å². The van der Waals surface area contributed by atoms with E-state index in [0.29, 0.717) is 17.6 Å². The van der Waals surface area contributed by atoms with Gasteiger partial charge in [-0.15, -0.1) is 10.2 Å². The molecular formula is C19H24N4O2S2. The summed E-state index contributed by atoms with van der Waals surface area (Å²) in [6, 6.07) is 7.77. The van der Waals surface area contributed by atoms with Crippen LogP contribution in [-0.4, -0.2) is 34.3 Å². The summed E-state index contributed by atoms with van der Waals surface area (Å²) in [6.45, 7) is 6.77. The minimum Gasteiger partial charge on any atom is -0.312 e. The summed E-state index contributed by atoms with van der Waals surface area (Å²) in [7, 11) is 0. The molecule has 1 N–H and O–H groups in total. The third-order valence-corrected chi connectivity index (χ3v) is 6.40. The number of rotatable bonds is 7. The number of hydrogen-bond donors (Lipinski definition) is 1. The molecule has 144 valence electrons. The fraction of sp³-hybridized carbons (Fsp3) is 0.474. The molecule has 8 heteroatoms. The van der Waals surface area contributed by atoms with Crippen molar-refractivity contribution in [1.29, 1.82) is 0 Å². The van der Waals surface area contributed by atoms with E-state index in [-0.39, 0.29) is 24.2 Å². The van der Waals surface area contributed by atoms with Gasteiger partial charge in [0.05, 0.1) is 5.92 Å². The molecule has 0 unspecified atom stereocenters. The molecule has 1 aromatic heterocycles. The van der Waals surface area contributed by atoms with Crippen LogP contribution >= 0.6 is 23.1 Å². The van der Waals surface area contributed by atoms with Crippen molar-refractivity contribution in [2.45, 2.75) is 38.0 Å². The Balaban J connectivity index is 1.55. The van der Waals surface area contributed by atoms with Crippen LogP contribution in [0.2, 0.25) is 0 Å². The summed E-state index contributed by atoms with van der Waals surface area (Å²) >= 11 is 3.04. The molecule has 1 aliphatic heterocycles. The maximum Gasteiger partial charge on any atom is 0.231 e. The number of hydrogen-bond acceptors (Lipinski definition) is 6. The van der Waals surface area contributed by atoms with E-state index in [1.54, 1.807) is 16.7 Å². The molecule has 1 aliphatic rings. The average Bonchev–Trinajstić information content (AvgIpc) is 3.22. The quantitative estimate of drug-likeness (QED) is 0.558. The highest BCUT2D eigenvalue weighted by molar-refractivity contribution is 8.01. The minimum atomic E-state index is -0.375. The Morgan fingerprint density at radius 3 is 2.78 bits per heavy atom. The fourth-order valence-electron chi connectivity index (χ4n) is 2.77. The smallest absolute Gasteiger partial charge is 0.231 e. The third-order valence-electron chi connectivity index (χ3n) is 4.40. The summed E-state index contributed by atoms with van der Waals surface area (Å²) < 4.78 is 0.856. The van der Waals surface area contributed by atoms with Gasteiger partial charge in [0.25, 0.3) is 0 Å². The first kappa shape index (κ1) is 19.8. The number of benzene rings is 1. The van der Waals surface area contributed by atoms with E-state index < -0.39 is 0 Å². The summed E-state index contributed by atoms with van der Waals surface area (Å²) in [6.07, 6.45) is 1.33. The molecule has 1 fully saturated rings. The number of amides is 2. The molecule has 0 aliphatic carbocycles. The number of aromatic nitrogens is 2. The molecule has 6 nitrogen and oxygen atoms in total. The van der Waals surface area contributed by atoms with Gasteiger partial charge < -0.3 is 10.2 Å². The first-order valence-electron chi connectivity index (χ1n) is 9.06. The van der Waals surface area contributed by atoms with Gasteiger partial charge >= 0.3 is 0 Å². The van der Waals surface area contributed by atoms with Crippen molar-refractivity contribution in [2.24, 2.45) is 11.8 Å². The summed E-state index contributed by atoms with van der Waals surface area (Å²) in [4.78, 5) is 26.5. The zero-order chi connectivity index (χ0) is 19.4. The van der Waals surface area contributed by atoms with Crippen LogP contribution in [-0.2, 0) is 9.59 Å². The Kier molecular flexibility index (Phi) is 6.49. The summed E-state index contributed by atoms with van der Waals surface area (Å²) in [5.74, 6) is 1.07. The average molecular weight is 405 g/mol. The largest absolute Gasteiger partial charge is 0.312 e. The van der Waals surface area contributed by atoms with Crippen LogP contribution in [0.25, 0.3) is 0 Å². The van der Waals surface area contributed by atoms with E-state index in [4.69, 9.17) is 0 Å². The molecule has 0 radical (unpaired) electrons. The Hall–Kier alpha value is -1.93. The van der Waals surface area contributed by atoms with Crippen LogP contribution < -0.4 is 10.2 Å². The fourth-order valence-corrected chi connectivity index (χ4v) is 4.83. The van der Waals surface area contributed by atoms with Crippen molar-refractivity contribution >= 4 is 45.7 Å². The second-order valence-corrected chi connectivity index (χ2v) is 9.45. The van der Waals surface area contributed by atoms with Crippen molar-refractivity contribution in [3.63, 3.8) is 0 Å². The van der Waals surface area contributed by atoms with Crippen molar-refractivity contribution in [3.8, 4) is 0 Å². The lowest BCUT2D eigenvalue weighted by atomic mass is 10.1. The molecule has 3 rings (SSSR count). The highest BCUT2D eigenvalue weighted by atomic mass is 32.2. The third kappa shape index (κ3) is 5.29. The second-order valence-electron chi connectivity index (χ2n) is 7.13. The van der Waals surface area contributed by atoms with Gasteiger partial charge in [0.1, 0.15) is 0 Å². The number of nitrogens with one attached hydrogen (secondary N) is 1. The normalized spacial score (nSPS) is 17.0. The number of anilines is 2. The van der Waals surface area contributed by atoms with Crippen LogP contribution in [0.5, 0.6) is 0 Å². The van der Waals surface area contributed by atoms with Gasteiger partial charge in [0.15, 0.2) is 4.34 Å². The molecule has 1 atom stereocenters. The maximum absolute atomic E-state index is 12.5. The number of nitrogens with zero attached hydrogens (tertiary/aromatic N) is 3. The van der Waals surface area contributed by atoms with Crippen molar-refractivity contribution in [1.82, 2.24) is 10.2 Å². The first-order valence-corrected chi connectivity index (χ1v) is 10.9. The van der Waals surface area contributed by atoms with E-state index in [0.717, 1.165) is 27.8 Å². The predicted molar refractivity (Wildman–Crippen MR) is 110 cm³/mol. The minimum absolute atomic E-state index is 0.0267. The lowest BCUT2D eigenvalue weighted by molar-refractivity contribution is -0.122. The topological polar surface area (TPSA) is 75.2 Å². The number of carbonyl (C=O) groups is 2. The zero-order valence-electron chi connectivity index (χ0n) is 15.8. The number of carbonyl (C=O) groups excluding carboxylic acids is 2. The van der Waals surface area contributed by atoms with Crippen molar-refractivity contribution < 1.29 is 9.59 Å². The summed E-state index contributed by atoms with van der Waals surface area (Å²) in [5.41, 5.74) is 1.97. The van der Waals surface area contributed by atoms with E-state index in [1.807, 2.05) is 31.2 Å². The van der Waals surface area contributed by atoms with Gasteiger partial charge in [-0.1, -0.05) is 54.6 Å². The Morgan fingerprint density at radius 1 is 1.33 bits per heavy atom. The molecule has 0 bridgehead atoms. The molecule has 2 aromatic rings. The highest BCUT2D eigenvalue weighted by Crippen LogP contribution is 2.29. The van der Waals surface area contributed by atoms with Crippen LogP contribution in [0.15, 0.2) is 28.6 Å². The molecular weight excluding hydrogens is 380 g/mol. The van der Waals surface area contributed by atoms with Crippen molar-refractivity contribution in [3.05, 3.63) is 29.8 Å². The Morgan fingerprint density at radius 2 is 2.07 bits per heavy atom. The number of aryl methyl sites for hydroxylation is 1. The van der Waals surface area contributed by atoms with Crippen LogP contribution in [0.1, 0.15) is 32.3 Å². The number of thioether (sulfide) groups is 1. The van der Waals surface area contributed by atoms with E-state index in [1.165, 1.54) is 11.3 Å². The van der Waals surface area contributed by atoms with Crippen LogP contribution in [0.4, 0.5) is 10.8 Å². The van der Waals surface area contributed by atoms with Gasteiger partial charge in [0.2, 0.25) is 16.9 Å². The standard InChI is InChI=1S/C19H24N4O2S2/c1-12(2)8-9-26-19-22-21-18(27-19)20-17(25)14-10-16(24)23(11-14)15-6-4-13(3)5-7-15/h4-7,12,14H,8-11H2,1-3H3,(H,20,21,25)/t14-/m0/s1. The molecule has 2 heterocycles. The van der Waals surface area contributed by atoms with E-state index in [9.17, 15) is 9.59 Å². The van der Waals surface area contributed by atoms with Gasteiger partial charge in [-0.2, -0.15) is 0 Å². The summed E-state index contributed by atoms with van der Waals surface area (Å²) in [5, 5.41) is 11.5. The molecule has 27 heavy (non-hydrogen) atoms. The molecule has 1 aromatic carbocycles. The Bertz CT molecular complexity index is 804. The van der Waals surface area contributed by atoms with E-state index >= 15 is 0 Å². The lowest BCUT2D eigenvalue weighted by Gasteiger charge is -2.16. The maximum atomic E-state index is 12.5. The lowest BCUT2D eigenvalue weighted by Crippen LogP contribution is -2.28. The van der Waals surface area contributed by atoms with Crippen molar-refractivity contribution in [2.75, 3.05) is 22.5 Å². The predicted octanol–water partition coefficient (Wildman–Crippen LogP) is 3.98. The SMILES string of the molecule is Cc1ccc(N2C[C@@H](C(=O)Nc3nnc(SCCC(C)C)s3)CC2=O)cc1. The highest BCUT2D eigenvalue weighted by Gasteiger charge is 2.35. The second kappa shape index (κ2) is 8.84. The molecule has 0 spiro atoms. The van der Waals surface area contributed by atoms with Gasteiger partial charge in [-0.25, -0.2) is 0 Å². The first-order chi connectivity index (χ1) is 12.9. The monoisotopic (exact) mass is 404 g/mol. The van der Waals surface area contributed by atoms with Gasteiger partial charge in [0, 0.05) is 24.4 Å². The van der Waals surface area contributed by atoms with Gasteiger partial charge in [-0.3, -0.25) is 9.59 Å².